The van der Waals surface area contributed by atoms with Crippen LogP contribution < -0.4 is 5.56 Å². The zero-order valence-electron chi connectivity index (χ0n) is 13.5. The second-order valence-corrected chi connectivity index (χ2v) is 5.55. The molecule has 0 saturated heterocycles. The Bertz CT molecular complexity index is 996. The van der Waals surface area contributed by atoms with Crippen LogP contribution in [0.5, 0.6) is 5.75 Å². The molecule has 0 spiro atoms. The van der Waals surface area contributed by atoms with E-state index in [0.29, 0.717) is 17.5 Å². The first-order valence-corrected chi connectivity index (χ1v) is 7.79. The number of ether oxygens (including phenoxy) is 1. The number of benzene rings is 2. The van der Waals surface area contributed by atoms with Crippen LogP contribution in [-0.4, -0.2) is 22.7 Å². The number of fused-ring (bicyclic) bond motifs is 1. The summed E-state index contributed by atoms with van der Waals surface area (Å²) >= 11 is 0. The third kappa shape index (κ3) is 3.24. The minimum absolute atomic E-state index is 0.0537. The van der Waals surface area contributed by atoms with E-state index in [0.717, 1.165) is 11.6 Å². The van der Waals surface area contributed by atoms with Crippen molar-refractivity contribution in [1.82, 2.24) is 4.98 Å². The van der Waals surface area contributed by atoms with Gasteiger partial charge in [-0.15, -0.1) is 0 Å². The van der Waals surface area contributed by atoms with Gasteiger partial charge < -0.3 is 14.8 Å². The Morgan fingerprint density at radius 2 is 1.96 bits per heavy atom. The minimum atomic E-state index is -0.947. The molecule has 25 heavy (non-hydrogen) atoms. The average Bonchev–Trinajstić information content (AvgIpc) is 2.57. The number of halogens is 1. The third-order valence-corrected chi connectivity index (χ3v) is 3.86. The maximum atomic E-state index is 14.0. The molecule has 0 unspecified atom stereocenters. The monoisotopic (exact) mass is 341 g/mol. The van der Waals surface area contributed by atoms with Crippen LogP contribution in [0, 0.1) is 5.82 Å². The molecule has 0 aliphatic carbocycles. The van der Waals surface area contributed by atoms with Crippen molar-refractivity contribution in [2.24, 2.45) is 0 Å². The molecule has 0 fully saturated rings. The first kappa shape index (κ1) is 16.7. The number of aromatic amines is 1. The number of H-pyrrole nitrogens is 1. The average molecular weight is 341 g/mol. The van der Waals surface area contributed by atoms with Gasteiger partial charge in [0.25, 0.3) is 5.56 Å². The number of hydrogen-bond donors (Lipinski definition) is 2. The molecule has 1 aromatic heterocycles. The summed E-state index contributed by atoms with van der Waals surface area (Å²) in [4.78, 5) is 26.7. The smallest absolute Gasteiger partial charge is 0.347 e. The molecule has 3 aromatic rings. The van der Waals surface area contributed by atoms with Gasteiger partial charge in [0.15, 0.2) is 5.56 Å². The number of aromatic hydroxyl groups is 1. The zero-order chi connectivity index (χ0) is 18.0. The number of nitrogens with one attached hydrogen (secondary N) is 1. The van der Waals surface area contributed by atoms with Gasteiger partial charge in [-0.25, -0.2) is 9.18 Å². The van der Waals surface area contributed by atoms with Crippen LogP contribution in [0.15, 0.2) is 47.3 Å². The predicted octanol–water partition coefficient (Wildman–Crippen LogP) is 3.14. The van der Waals surface area contributed by atoms with Crippen LogP contribution in [0.25, 0.3) is 10.9 Å². The molecule has 6 heteroatoms. The number of rotatable bonds is 4. The van der Waals surface area contributed by atoms with E-state index >= 15 is 0 Å². The maximum absolute atomic E-state index is 14.0. The molecule has 128 valence electrons. The summed E-state index contributed by atoms with van der Waals surface area (Å²) in [6.45, 7) is 1.64. The van der Waals surface area contributed by atoms with Gasteiger partial charge in [0.05, 0.1) is 12.1 Å². The molecule has 0 atom stereocenters. The highest BCUT2D eigenvalue weighted by molar-refractivity contribution is 6.00. The highest BCUT2D eigenvalue weighted by Crippen LogP contribution is 2.29. The fraction of sp³-hybridized carbons (Fsp3) is 0.158. The number of carbonyl (C=O) groups excluding carboxylic acids is 1. The van der Waals surface area contributed by atoms with E-state index in [4.69, 9.17) is 4.74 Å². The molecular weight excluding hydrogens is 325 g/mol. The van der Waals surface area contributed by atoms with Crippen LogP contribution in [0.3, 0.4) is 0 Å². The summed E-state index contributed by atoms with van der Waals surface area (Å²) in [7, 11) is 0. The third-order valence-electron chi connectivity index (χ3n) is 3.86. The summed E-state index contributed by atoms with van der Waals surface area (Å²) in [5.41, 5.74) is 0.420. The molecule has 0 aliphatic rings. The van der Waals surface area contributed by atoms with Gasteiger partial charge in [-0.1, -0.05) is 30.3 Å². The van der Waals surface area contributed by atoms with Gasteiger partial charge in [-0.2, -0.15) is 0 Å². The molecular formula is C19H16FNO4. The fourth-order valence-corrected chi connectivity index (χ4v) is 2.76. The summed E-state index contributed by atoms with van der Waals surface area (Å²) < 4.78 is 18.8. The Kier molecular flexibility index (Phi) is 4.52. The van der Waals surface area contributed by atoms with Crippen molar-refractivity contribution in [1.29, 1.82) is 0 Å². The van der Waals surface area contributed by atoms with E-state index in [1.165, 1.54) is 6.07 Å². The van der Waals surface area contributed by atoms with Crippen molar-refractivity contribution in [3.05, 3.63) is 75.3 Å². The van der Waals surface area contributed by atoms with E-state index in [1.54, 1.807) is 6.92 Å². The van der Waals surface area contributed by atoms with Crippen LogP contribution in [0.1, 0.15) is 28.4 Å². The van der Waals surface area contributed by atoms with Crippen LogP contribution in [-0.2, 0) is 11.2 Å². The SMILES string of the molecule is CCOC(=O)c1c(O)c2cc(F)cc(Cc3ccccc3)c2[nH]c1=O. The Balaban J connectivity index is 2.21. The van der Waals surface area contributed by atoms with Crippen molar-refractivity contribution in [3.8, 4) is 5.75 Å². The molecule has 0 bridgehead atoms. The normalized spacial score (nSPS) is 10.8. The molecule has 3 rings (SSSR count). The molecule has 2 N–H and O–H groups in total. The summed E-state index contributed by atoms with van der Waals surface area (Å²) in [5.74, 6) is -2.10. The number of esters is 1. The molecule has 0 radical (unpaired) electrons. The second-order valence-electron chi connectivity index (χ2n) is 5.55. The second kappa shape index (κ2) is 6.76. The lowest BCUT2D eigenvalue weighted by atomic mass is 10.00. The van der Waals surface area contributed by atoms with E-state index in [1.807, 2.05) is 30.3 Å². The van der Waals surface area contributed by atoms with Gasteiger partial charge in [-0.05, 0) is 36.6 Å². The molecule has 2 aromatic carbocycles. The van der Waals surface area contributed by atoms with Gasteiger partial charge in [0.2, 0.25) is 0 Å². The zero-order valence-corrected chi connectivity index (χ0v) is 13.5. The first-order valence-electron chi connectivity index (χ1n) is 7.79. The number of aromatic nitrogens is 1. The Labute approximate surface area is 142 Å². The number of hydrogen-bond acceptors (Lipinski definition) is 4. The predicted molar refractivity (Wildman–Crippen MR) is 91.4 cm³/mol. The molecule has 5 nitrogen and oxygen atoms in total. The summed E-state index contributed by atoms with van der Waals surface area (Å²) in [6.07, 6.45) is 0.364. The first-order chi connectivity index (χ1) is 12.0. The van der Waals surface area contributed by atoms with Crippen LogP contribution >= 0.6 is 0 Å². The Morgan fingerprint density at radius 1 is 1.24 bits per heavy atom. The summed E-state index contributed by atoms with van der Waals surface area (Å²) in [6, 6.07) is 11.7. The maximum Gasteiger partial charge on any atom is 0.347 e. The molecule has 0 amide bonds. The van der Waals surface area contributed by atoms with Gasteiger partial charge in [0.1, 0.15) is 11.6 Å². The molecule has 0 aliphatic heterocycles. The number of carbonyl (C=O) groups is 1. The summed E-state index contributed by atoms with van der Waals surface area (Å²) in [5, 5.41) is 10.4. The largest absolute Gasteiger partial charge is 0.506 e. The van der Waals surface area contributed by atoms with Gasteiger partial charge >= 0.3 is 5.97 Å². The lowest BCUT2D eigenvalue weighted by Crippen LogP contribution is -2.20. The number of pyridine rings is 1. The van der Waals surface area contributed by atoms with E-state index < -0.39 is 28.7 Å². The molecule has 0 saturated carbocycles. The van der Waals surface area contributed by atoms with Gasteiger partial charge in [-0.3, -0.25) is 4.79 Å². The Morgan fingerprint density at radius 3 is 2.64 bits per heavy atom. The van der Waals surface area contributed by atoms with Crippen molar-refractivity contribution in [2.75, 3.05) is 6.61 Å². The quantitative estimate of drug-likeness (QED) is 0.715. The standard InChI is InChI=1S/C19H16FNO4/c1-2-25-19(24)15-17(22)14-10-13(20)9-12(16(14)21-18(15)23)8-11-6-4-3-5-7-11/h3-7,9-10H,2,8H2,1H3,(H2,21,22,23). The van der Waals surface area contributed by atoms with E-state index in [2.05, 4.69) is 4.98 Å². The van der Waals surface area contributed by atoms with Crippen molar-refractivity contribution in [3.63, 3.8) is 0 Å². The lowest BCUT2D eigenvalue weighted by molar-refractivity contribution is 0.0521. The lowest BCUT2D eigenvalue weighted by Gasteiger charge is -2.11. The van der Waals surface area contributed by atoms with E-state index in [9.17, 15) is 19.1 Å². The van der Waals surface area contributed by atoms with Crippen LogP contribution in [0.4, 0.5) is 4.39 Å². The minimum Gasteiger partial charge on any atom is -0.506 e. The fourth-order valence-electron chi connectivity index (χ4n) is 2.76. The highest BCUT2D eigenvalue weighted by atomic mass is 19.1. The van der Waals surface area contributed by atoms with Crippen molar-refractivity contribution in [2.45, 2.75) is 13.3 Å². The van der Waals surface area contributed by atoms with Crippen LogP contribution in [0.2, 0.25) is 0 Å². The molecule has 1 heterocycles. The highest BCUT2D eigenvalue weighted by Gasteiger charge is 2.22. The Hall–Kier alpha value is -3.15. The van der Waals surface area contributed by atoms with Gasteiger partial charge in [0, 0.05) is 5.39 Å². The van der Waals surface area contributed by atoms with Crippen molar-refractivity contribution < 1.29 is 19.0 Å². The van der Waals surface area contributed by atoms with E-state index in [-0.39, 0.29) is 12.0 Å². The topological polar surface area (TPSA) is 79.4 Å². The van der Waals surface area contributed by atoms with Crippen molar-refractivity contribution >= 4 is 16.9 Å².